The van der Waals surface area contributed by atoms with E-state index in [9.17, 15) is 9.59 Å². The Morgan fingerprint density at radius 1 is 1.20 bits per heavy atom. The van der Waals surface area contributed by atoms with E-state index in [-0.39, 0.29) is 6.61 Å². The third-order valence-electron chi connectivity index (χ3n) is 4.54. The van der Waals surface area contributed by atoms with Crippen LogP contribution in [0.2, 0.25) is 0 Å². The van der Waals surface area contributed by atoms with E-state index >= 15 is 0 Å². The molecule has 1 aromatic carbocycles. The van der Waals surface area contributed by atoms with Crippen LogP contribution in [-0.2, 0) is 14.3 Å². The molecule has 7 heteroatoms. The number of esters is 1. The molecule has 1 fully saturated rings. The fourth-order valence-electron chi connectivity index (χ4n) is 3.26. The molecule has 0 spiro atoms. The van der Waals surface area contributed by atoms with Crippen LogP contribution in [0.1, 0.15) is 53.0 Å². The van der Waals surface area contributed by atoms with Crippen molar-refractivity contribution in [3.63, 3.8) is 0 Å². The third-order valence-corrected chi connectivity index (χ3v) is 4.54. The first-order valence-corrected chi connectivity index (χ1v) is 10.4. The number of nitrogens with one attached hydrogen (secondary N) is 1. The largest absolute Gasteiger partial charge is 0.465 e. The molecule has 1 saturated heterocycles. The smallest absolute Gasteiger partial charge is 0.428 e. The minimum atomic E-state index is -0.747. The zero-order chi connectivity index (χ0) is 22.1. The van der Waals surface area contributed by atoms with Gasteiger partial charge in [-0.15, -0.1) is 0 Å². The second kappa shape index (κ2) is 10.8. The molecule has 0 aliphatic carbocycles. The summed E-state index contributed by atoms with van der Waals surface area (Å²) in [6, 6.07) is 9.72. The molecular formula is C23H33N3O4. The van der Waals surface area contributed by atoms with Crippen molar-refractivity contribution in [2.75, 3.05) is 19.7 Å². The van der Waals surface area contributed by atoms with Gasteiger partial charge in [-0.2, -0.15) is 5.10 Å². The zero-order valence-electron chi connectivity index (χ0n) is 18.6. The number of hydrogen-bond donors (Lipinski definition) is 1. The minimum Gasteiger partial charge on any atom is -0.465 e. The fourth-order valence-corrected chi connectivity index (χ4v) is 3.26. The average molecular weight is 416 g/mol. The van der Waals surface area contributed by atoms with Crippen LogP contribution < -0.4 is 5.43 Å². The molecule has 0 aromatic heterocycles. The minimum absolute atomic E-state index is 0.258. The highest BCUT2D eigenvalue weighted by molar-refractivity contribution is 6.11. The van der Waals surface area contributed by atoms with Crippen LogP contribution in [0.4, 0.5) is 4.79 Å². The first-order chi connectivity index (χ1) is 14.2. The topological polar surface area (TPSA) is 80.2 Å². The summed E-state index contributed by atoms with van der Waals surface area (Å²) in [4.78, 5) is 27.2. The van der Waals surface area contributed by atoms with E-state index in [1.807, 2.05) is 36.5 Å². The quantitative estimate of drug-likeness (QED) is 0.410. The van der Waals surface area contributed by atoms with Crippen molar-refractivity contribution in [1.82, 2.24) is 10.3 Å². The number of rotatable bonds is 7. The van der Waals surface area contributed by atoms with Crippen LogP contribution >= 0.6 is 0 Å². The summed E-state index contributed by atoms with van der Waals surface area (Å²) >= 11 is 0. The van der Waals surface area contributed by atoms with Gasteiger partial charge in [0.2, 0.25) is 0 Å². The van der Waals surface area contributed by atoms with E-state index < -0.39 is 23.6 Å². The predicted molar refractivity (Wildman–Crippen MR) is 118 cm³/mol. The first-order valence-electron chi connectivity index (χ1n) is 10.4. The van der Waals surface area contributed by atoms with Crippen LogP contribution in [0.3, 0.4) is 0 Å². The summed E-state index contributed by atoms with van der Waals surface area (Å²) in [6.07, 6.45) is 3.59. The van der Waals surface area contributed by atoms with Gasteiger partial charge in [-0.05, 0) is 58.6 Å². The summed E-state index contributed by atoms with van der Waals surface area (Å²) in [6.45, 7) is 10.9. The average Bonchev–Trinajstić information content (AvgIpc) is 3.18. The van der Waals surface area contributed by atoms with E-state index in [1.54, 1.807) is 34.6 Å². The van der Waals surface area contributed by atoms with E-state index in [2.05, 4.69) is 15.4 Å². The second-order valence-electron chi connectivity index (χ2n) is 8.25. The number of ether oxygens (including phenoxy) is 2. The normalized spacial score (nSPS) is 16.2. The second-order valence-corrected chi connectivity index (χ2v) is 8.25. The lowest BCUT2D eigenvalue weighted by atomic mass is 9.89. The standard InChI is InChI=1S/C23H33N3O4/c1-6-29-21(27)20(17(2)24-25-22(28)30-23(3,4)5)19(16-26-14-10-11-15-26)18-12-8-7-9-13-18/h7-9,12-13,16,20H,6,10-11,14-15H2,1-5H3,(H,25,28)/b19-16-,24-17-. The van der Waals surface area contributed by atoms with Gasteiger partial charge in [-0.25, -0.2) is 10.2 Å². The summed E-state index contributed by atoms with van der Waals surface area (Å²) in [5, 5.41) is 4.16. The maximum atomic E-state index is 12.9. The number of hydrazone groups is 1. The van der Waals surface area contributed by atoms with Crippen molar-refractivity contribution >= 4 is 23.3 Å². The zero-order valence-corrected chi connectivity index (χ0v) is 18.6. The van der Waals surface area contributed by atoms with E-state index in [4.69, 9.17) is 9.47 Å². The number of likely N-dealkylation sites (tertiary alicyclic amines) is 1. The van der Waals surface area contributed by atoms with Crippen LogP contribution in [0.5, 0.6) is 0 Å². The van der Waals surface area contributed by atoms with E-state index in [0.29, 0.717) is 5.71 Å². The Labute approximate surface area is 179 Å². The van der Waals surface area contributed by atoms with Crippen LogP contribution in [0.15, 0.2) is 41.6 Å². The van der Waals surface area contributed by atoms with Gasteiger partial charge < -0.3 is 14.4 Å². The van der Waals surface area contributed by atoms with Crippen LogP contribution in [0.25, 0.3) is 5.57 Å². The lowest BCUT2D eigenvalue weighted by Gasteiger charge is -2.23. The monoisotopic (exact) mass is 415 g/mol. The number of benzene rings is 1. The molecule has 0 saturated carbocycles. The molecule has 1 N–H and O–H groups in total. The maximum absolute atomic E-state index is 12.9. The van der Waals surface area contributed by atoms with Crippen molar-refractivity contribution in [2.24, 2.45) is 11.0 Å². The number of nitrogens with zero attached hydrogens (tertiary/aromatic N) is 2. The Morgan fingerprint density at radius 3 is 2.40 bits per heavy atom. The predicted octanol–water partition coefficient (Wildman–Crippen LogP) is 4.20. The highest BCUT2D eigenvalue weighted by Crippen LogP contribution is 2.28. The molecule has 1 unspecified atom stereocenters. The SMILES string of the molecule is CCOC(=O)C(/C(C)=N\NC(=O)OC(C)(C)C)/C(=C\N1CCCC1)c1ccccc1. The third kappa shape index (κ3) is 7.21. The summed E-state index contributed by atoms with van der Waals surface area (Å²) in [5.41, 5.74) is 3.89. The maximum Gasteiger partial charge on any atom is 0.428 e. The molecule has 0 bridgehead atoms. The van der Waals surface area contributed by atoms with Gasteiger partial charge in [0, 0.05) is 19.3 Å². The van der Waals surface area contributed by atoms with Crippen LogP contribution in [0, 0.1) is 5.92 Å². The lowest BCUT2D eigenvalue weighted by molar-refractivity contribution is -0.143. The molecule has 164 valence electrons. The Balaban J connectivity index is 2.39. The molecule has 2 rings (SSSR count). The summed E-state index contributed by atoms with van der Waals surface area (Å²) < 4.78 is 10.6. The van der Waals surface area contributed by atoms with Gasteiger partial charge in [-0.1, -0.05) is 30.3 Å². The van der Waals surface area contributed by atoms with Crippen molar-refractivity contribution in [1.29, 1.82) is 0 Å². The van der Waals surface area contributed by atoms with Crippen molar-refractivity contribution in [3.05, 3.63) is 42.1 Å². The van der Waals surface area contributed by atoms with E-state index in [1.165, 1.54) is 0 Å². The van der Waals surface area contributed by atoms with Gasteiger partial charge in [0.25, 0.3) is 0 Å². The van der Waals surface area contributed by atoms with Crippen molar-refractivity contribution in [3.8, 4) is 0 Å². The fraction of sp³-hybridized carbons (Fsp3) is 0.522. The molecule has 7 nitrogen and oxygen atoms in total. The van der Waals surface area contributed by atoms with Gasteiger partial charge in [0.15, 0.2) is 0 Å². The molecule has 30 heavy (non-hydrogen) atoms. The molecular weight excluding hydrogens is 382 g/mol. The van der Waals surface area contributed by atoms with Crippen molar-refractivity contribution < 1.29 is 19.1 Å². The number of carbonyl (C=O) groups excluding carboxylic acids is 2. The molecule has 1 amide bonds. The van der Waals surface area contributed by atoms with Gasteiger partial charge in [0.1, 0.15) is 11.5 Å². The molecule has 1 atom stereocenters. The number of hydrogen-bond acceptors (Lipinski definition) is 6. The summed E-state index contributed by atoms with van der Waals surface area (Å²) in [5.74, 6) is -1.15. The van der Waals surface area contributed by atoms with Gasteiger partial charge in [-0.3, -0.25) is 4.79 Å². The van der Waals surface area contributed by atoms with Crippen LogP contribution in [-0.4, -0.2) is 48.0 Å². The Hall–Kier alpha value is -2.83. The number of carbonyl (C=O) groups is 2. The molecule has 1 aromatic rings. The molecule has 1 heterocycles. The molecule has 1 aliphatic heterocycles. The first kappa shape index (κ1) is 23.4. The summed E-state index contributed by atoms with van der Waals surface area (Å²) in [7, 11) is 0. The Bertz CT molecular complexity index is 775. The van der Waals surface area contributed by atoms with E-state index in [0.717, 1.165) is 37.1 Å². The highest BCUT2D eigenvalue weighted by Gasteiger charge is 2.30. The van der Waals surface area contributed by atoms with Gasteiger partial charge >= 0.3 is 12.1 Å². The van der Waals surface area contributed by atoms with Crippen molar-refractivity contribution in [2.45, 2.75) is 53.1 Å². The Morgan fingerprint density at radius 2 is 1.83 bits per heavy atom. The van der Waals surface area contributed by atoms with Gasteiger partial charge in [0.05, 0.1) is 12.3 Å². The molecule has 1 aliphatic rings. The highest BCUT2D eigenvalue weighted by atomic mass is 16.6. The number of amides is 1. The Kier molecular flexibility index (Phi) is 8.45. The molecule has 0 radical (unpaired) electrons. The lowest BCUT2D eigenvalue weighted by Crippen LogP contribution is -2.33.